The molecule has 3 rings (SSSR count). The number of likely N-dealkylation sites (tertiary alicyclic amines) is 1. The Morgan fingerprint density at radius 3 is 2.47 bits per heavy atom. The van der Waals surface area contributed by atoms with Crippen LogP contribution in [-0.4, -0.2) is 59.5 Å². The van der Waals surface area contributed by atoms with Crippen molar-refractivity contribution in [3.63, 3.8) is 0 Å². The number of nitrogens with zero attached hydrogens (tertiary/aromatic N) is 1. The molecule has 3 atom stereocenters. The van der Waals surface area contributed by atoms with Crippen molar-refractivity contribution in [3.8, 4) is 0 Å². The molecule has 2 aromatic carbocycles. The number of amides is 3. The number of halogens is 1. The van der Waals surface area contributed by atoms with Crippen molar-refractivity contribution in [1.29, 1.82) is 0 Å². The lowest BCUT2D eigenvalue weighted by Crippen LogP contribution is -2.54. The molecule has 3 N–H and O–H groups in total. The molecule has 1 fully saturated rings. The summed E-state index contributed by atoms with van der Waals surface area (Å²) in [4.78, 5) is 27.5. The van der Waals surface area contributed by atoms with E-state index < -0.39 is 22.1 Å². The summed E-state index contributed by atoms with van der Waals surface area (Å²) in [6, 6.07) is 13.2. The van der Waals surface area contributed by atoms with Crippen LogP contribution in [0.25, 0.3) is 0 Å². The van der Waals surface area contributed by atoms with E-state index in [2.05, 4.69) is 27.9 Å². The number of nitrogens with one attached hydrogen (secondary N) is 2. The highest BCUT2D eigenvalue weighted by Gasteiger charge is 2.37. The van der Waals surface area contributed by atoms with Crippen molar-refractivity contribution in [2.45, 2.75) is 40.7 Å². The molecular weight excluding hydrogens is 545 g/mol. The minimum atomic E-state index is -4.11. The van der Waals surface area contributed by atoms with Crippen LogP contribution in [0.5, 0.6) is 0 Å². The van der Waals surface area contributed by atoms with Crippen LogP contribution in [0.1, 0.15) is 17.5 Å². The molecule has 1 saturated heterocycles. The minimum Gasteiger partial charge on any atom is -0.394 e. The highest BCUT2D eigenvalue weighted by atomic mass is 127. The van der Waals surface area contributed by atoms with Gasteiger partial charge < -0.3 is 15.3 Å². The summed E-state index contributed by atoms with van der Waals surface area (Å²) < 4.78 is 27.5. The maximum atomic E-state index is 13.3. The van der Waals surface area contributed by atoms with Gasteiger partial charge in [0.15, 0.2) is 0 Å². The van der Waals surface area contributed by atoms with Gasteiger partial charge in [-0.3, -0.25) is 4.79 Å². The van der Waals surface area contributed by atoms with Gasteiger partial charge in [-0.25, -0.2) is 17.9 Å². The van der Waals surface area contributed by atoms with Crippen LogP contribution >= 0.6 is 22.6 Å². The monoisotopic (exact) mass is 571 g/mol. The Morgan fingerprint density at radius 2 is 1.81 bits per heavy atom. The van der Waals surface area contributed by atoms with Gasteiger partial charge in [0.2, 0.25) is 5.91 Å². The fourth-order valence-electron chi connectivity index (χ4n) is 3.78. The fraction of sp³-hybridized carbons (Fsp3) is 0.364. The molecule has 1 aliphatic heterocycles. The molecule has 0 aromatic heterocycles. The molecule has 8 nitrogen and oxygen atoms in total. The second kappa shape index (κ2) is 10.6. The number of hydrogen-bond donors (Lipinski definition) is 3. The largest absolute Gasteiger partial charge is 0.394 e. The predicted octanol–water partition coefficient (Wildman–Crippen LogP) is 1.99. The molecule has 32 heavy (non-hydrogen) atoms. The number of rotatable bonds is 7. The van der Waals surface area contributed by atoms with Gasteiger partial charge in [0.25, 0.3) is 10.0 Å². The third-order valence-electron chi connectivity index (χ3n) is 5.35. The second-order valence-electron chi connectivity index (χ2n) is 7.75. The van der Waals surface area contributed by atoms with Crippen LogP contribution in [0.2, 0.25) is 0 Å². The van der Waals surface area contributed by atoms with E-state index in [1.165, 1.54) is 6.07 Å². The minimum absolute atomic E-state index is 0.00581. The Labute approximate surface area is 201 Å². The van der Waals surface area contributed by atoms with Crippen LogP contribution < -0.4 is 10.0 Å². The summed E-state index contributed by atoms with van der Waals surface area (Å²) in [5, 5.41) is 12.2. The molecule has 0 radical (unpaired) electrons. The van der Waals surface area contributed by atoms with E-state index >= 15 is 0 Å². The summed E-state index contributed by atoms with van der Waals surface area (Å²) in [7, 11) is -4.11. The van der Waals surface area contributed by atoms with Gasteiger partial charge in [0.05, 0.1) is 17.5 Å². The Bertz CT molecular complexity index is 1060. The summed E-state index contributed by atoms with van der Waals surface area (Å²) >= 11 is 2.23. The van der Waals surface area contributed by atoms with Crippen LogP contribution in [0.15, 0.2) is 59.5 Å². The highest BCUT2D eigenvalue weighted by Crippen LogP contribution is 2.25. The van der Waals surface area contributed by atoms with E-state index in [4.69, 9.17) is 0 Å². The lowest BCUT2D eigenvalue weighted by Gasteiger charge is -2.28. The number of sulfonamides is 1. The van der Waals surface area contributed by atoms with E-state index in [1.54, 1.807) is 30.0 Å². The first-order valence-corrected chi connectivity index (χ1v) is 12.9. The van der Waals surface area contributed by atoms with Gasteiger partial charge in [-0.05, 0) is 30.5 Å². The third-order valence-corrected chi connectivity index (χ3v) is 7.75. The zero-order valence-corrected chi connectivity index (χ0v) is 20.5. The highest BCUT2D eigenvalue weighted by molar-refractivity contribution is 14.1. The number of carbonyl (C=O) groups is 2. The first kappa shape index (κ1) is 24.5. The van der Waals surface area contributed by atoms with Crippen LogP contribution in [0.4, 0.5) is 4.79 Å². The zero-order valence-electron chi connectivity index (χ0n) is 17.6. The van der Waals surface area contributed by atoms with Crippen LogP contribution in [-0.2, 0) is 21.2 Å². The Balaban J connectivity index is 1.79. The maximum Gasteiger partial charge on any atom is 0.329 e. The second-order valence-corrected chi connectivity index (χ2v) is 11.2. The number of benzene rings is 2. The number of alkyl halides is 1. The molecule has 2 aromatic rings. The van der Waals surface area contributed by atoms with E-state index in [9.17, 15) is 23.1 Å². The van der Waals surface area contributed by atoms with Crippen molar-refractivity contribution >= 4 is 44.6 Å². The van der Waals surface area contributed by atoms with Crippen LogP contribution in [0, 0.1) is 6.92 Å². The smallest absolute Gasteiger partial charge is 0.329 e. The molecule has 0 spiro atoms. The molecule has 1 heterocycles. The summed E-state index contributed by atoms with van der Waals surface area (Å²) in [6.07, 6.45) is 0.854. The Hall–Kier alpha value is -2.18. The topological polar surface area (TPSA) is 116 Å². The molecule has 1 aliphatic rings. The van der Waals surface area contributed by atoms with Gasteiger partial charge in [-0.15, -0.1) is 0 Å². The predicted molar refractivity (Wildman–Crippen MR) is 129 cm³/mol. The summed E-state index contributed by atoms with van der Waals surface area (Å²) in [5.74, 6) is -0.351. The van der Waals surface area contributed by atoms with Gasteiger partial charge in [0.1, 0.15) is 6.04 Å². The molecule has 0 aliphatic carbocycles. The standard InChI is InChI=1S/C22H26IN3O5S/c1-15-7-5-6-10-20(15)32(30,31)25-22(29)24-19(11-16-8-3-2-4-9-16)21(28)26-13-17(23)12-18(26)14-27/h2-10,17-19,27H,11-14H2,1H3,(H2,24,25,29)/t17-,18-,19-/m0/s1. The zero-order chi connectivity index (χ0) is 23.3. The lowest BCUT2D eigenvalue weighted by atomic mass is 10.0. The molecule has 10 heteroatoms. The molecule has 0 saturated carbocycles. The fourth-order valence-corrected chi connectivity index (χ4v) is 5.95. The Kier molecular flexibility index (Phi) is 8.12. The first-order chi connectivity index (χ1) is 15.2. The molecule has 0 unspecified atom stereocenters. The first-order valence-electron chi connectivity index (χ1n) is 10.2. The average Bonchev–Trinajstić information content (AvgIpc) is 3.14. The number of aliphatic hydroxyl groups is 1. The number of carbonyl (C=O) groups excluding carboxylic acids is 2. The van der Waals surface area contributed by atoms with Gasteiger partial charge in [-0.2, -0.15) is 0 Å². The van der Waals surface area contributed by atoms with Gasteiger partial charge >= 0.3 is 6.03 Å². The summed E-state index contributed by atoms with van der Waals surface area (Å²) in [5.41, 5.74) is 1.32. The normalized spacial score (nSPS) is 19.4. The van der Waals surface area contributed by atoms with Crippen molar-refractivity contribution < 1.29 is 23.1 Å². The van der Waals surface area contributed by atoms with Crippen molar-refractivity contribution in [2.75, 3.05) is 13.2 Å². The number of urea groups is 1. The molecule has 3 amide bonds. The van der Waals surface area contributed by atoms with Crippen LogP contribution in [0.3, 0.4) is 0 Å². The Morgan fingerprint density at radius 1 is 1.16 bits per heavy atom. The quantitative estimate of drug-likeness (QED) is 0.348. The SMILES string of the molecule is Cc1ccccc1S(=O)(=O)NC(=O)N[C@@H](Cc1ccccc1)C(=O)N1C[C@@H](I)C[C@H]1CO. The lowest BCUT2D eigenvalue weighted by molar-refractivity contribution is -0.134. The third kappa shape index (κ3) is 5.99. The van der Waals surface area contributed by atoms with Gasteiger partial charge in [-0.1, -0.05) is 71.1 Å². The molecular formula is C22H26IN3O5S. The number of aliphatic hydroxyl groups excluding tert-OH is 1. The molecule has 172 valence electrons. The van der Waals surface area contributed by atoms with E-state index in [1.807, 2.05) is 35.1 Å². The van der Waals surface area contributed by atoms with E-state index in [0.29, 0.717) is 18.5 Å². The van der Waals surface area contributed by atoms with Crippen molar-refractivity contribution in [2.24, 2.45) is 0 Å². The average molecular weight is 571 g/mol. The maximum absolute atomic E-state index is 13.3. The van der Waals surface area contributed by atoms with E-state index in [0.717, 1.165) is 5.56 Å². The number of aryl methyl sites for hydroxylation is 1. The number of hydrogen-bond acceptors (Lipinski definition) is 5. The van der Waals surface area contributed by atoms with Gasteiger partial charge in [0, 0.05) is 16.9 Å². The summed E-state index contributed by atoms with van der Waals surface area (Å²) in [6.45, 7) is 1.93. The molecule has 0 bridgehead atoms. The van der Waals surface area contributed by atoms with E-state index in [-0.39, 0.29) is 33.8 Å². The van der Waals surface area contributed by atoms with Crippen molar-refractivity contribution in [3.05, 3.63) is 65.7 Å². The van der Waals surface area contributed by atoms with Crippen molar-refractivity contribution in [1.82, 2.24) is 14.9 Å².